The summed E-state index contributed by atoms with van der Waals surface area (Å²) >= 11 is 0. The molecule has 0 spiro atoms. The third-order valence-corrected chi connectivity index (χ3v) is 33.3. The van der Waals surface area contributed by atoms with E-state index in [1.807, 2.05) is 60.7 Å². The molecule has 23 heteroatoms. The number of amides is 2. The van der Waals surface area contributed by atoms with Gasteiger partial charge < -0.3 is 67.6 Å². The molecule has 0 unspecified atom stereocenters. The third kappa shape index (κ3) is 42.9. The van der Waals surface area contributed by atoms with Crippen LogP contribution in [0.15, 0.2) is 133 Å². The normalized spacial score (nSPS) is 15.1. The highest BCUT2D eigenvalue weighted by Crippen LogP contribution is 2.41. The van der Waals surface area contributed by atoms with E-state index in [0.29, 0.717) is 61.7 Å². The second kappa shape index (κ2) is 57.1. The summed E-state index contributed by atoms with van der Waals surface area (Å²) in [5.41, 5.74) is -7.04. The number of hydrogen-bond donors (Lipinski definition) is 4. The van der Waals surface area contributed by atoms with Gasteiger partial charge in [-0.05, 0) is 217 Å². The number of carbonyl (C=O) groups excluding carboxylic acids is 7. The highest BCUT2D eigenvalue weighted by atomic mass is 28.4. The SMILES string of the molecule is CC#CCOc1ccc(C[C@H](NC(=O)[C@@H](/C=C/CCCCCCC(=O)CCCCCCC)[C@@](O)(CCO[Si](c2ccccc2)(c2ccccc2)C(C)(C)C)C(=O)OC(C)(C)C)C(=O)OC(C)(C)C)cc1.CC#CCOc1ccc(C[C@H](NC(=O)[C@@H](/C=C/CCCCCCC2(CCCCCCC)OCCO2)[C@@](O)(CCO[Si](C)(C)C(C)(C)C)C(=O)OC(C)(C)C)C(=O)OC(C)(C)C)cc1. The Morgan fingerprint density at radius 1 is 0.444 bits per heavy atom. The molecule has 1 saturated heterocycles. The highest BCUT2D eigenvalue weighted by Gasteiger charge is 2.55. The number of esters is 4. The van der Waals surface area contributed by atoms with Crippen molar-refractivity contribution in [1.29, 1.82) is 0 Å². The lowest BCUT2D eigenvalue weighted by Crippen LogP contribution is -2.67. The van der Waals surface area contributed by atoms with Crippen LogP contribution >= 0.6 is 0 Å². The van der Waals surface area contributed by atoms with Gasteiger partial charge in [-0.2, -0.15) is 0 Å². The average Bonchev–Trinajstić information content (AvgIpc) is 1.25. The summed E-state index contributed by atoms with van der Waals surface area (Å²) in [6, 6.07) is 32.1. The van der Waals surface area contributed by atoms with E-state index in [9.17, 15) is 39.0 Å². The summed E-state index contributed by atoms with van der Waals surface area (Å²) in [5, 5.41) is 33.0. The topological polar surface area (TPSA) is 276 Å². The number of aliphatic hydroxyl groups is 2. The molecule has 6 atom stereocenters. The maximum atomic E-state index is 15.1. The number of ketones is 1. The van der Waals surface area contributed by atoms with Crippen LogP contribution in [0.4, 0.5) is 0 Å². The van der Waals surface area contributed by atoms with Crippen LogP contribution in [-0.4, -0.2) is 159 Å². The first-order valence-corrected chi connectivity index (χ1v) is 54.0. The van der Waals surface area contributed by atoms with Gasteiger partial charge >= 0.3 is 23.9 Å². The van der Waals surface area contributed by atoms with Gasteiger partial charge in [-0.1, -0.05) is 254 Å². The fraction of sp³-hybridized carbons (Fsp3) is 0.645. The zero-order valence-corrected chi connectivity index (χ0v) is 87.9. The Hall–Kier alpha value is -8.24. The molecule has 4 N–H and O–H groups in total. The maximum Gasteiger partial charge on any atom is 0.339 e. The molecular weight excluding hydrogens is 1710 g/mol. The molecule has 0 aromatic heterocycles. The molecule has 4 aromatic carbocycles. The second-order valence-corrected chi connectivity index (χ2v) is 51.1. The number of allylic oxidation sites excluding steroid dienone is 2. The highest BCUT2D eigenvalue weighted by molar-refractivity contribution is 6.99. The standard InChI is InChI=1S/C59H85NO9Si.C51H85NO10Si/c1-12-14-16-19-24-31-47(61)32-25-20-17-18-21-30-37-51(53(62)60-52(54(63)68-56(3,4)5)45-46-38-40-48(41-39-46)66-43-15-13-2)59(65,55(64)69-57(6,7)8)42-44-67-70(58(9,10)11,49-33-26-22-27-34-49)50-35-28-23-29-36-50;1-14-16-18-22-25-32-50(58-37-38-59-50)33-26-23-20-19-21-24-27-42(51(56,46(55)62-48(6,7)8)34-36-60-63(12,13)49(9,10)11)44(53)52-43(45(54)61-47(3,4)5)39-40-28-30-41(31-29-40)57-35-17-15-2/h22-23,26-30,33-41,51-52,65H,12,14,16-21,24-25,31-32,42-45H2,1-11H3,(H,60,62);24,27-31,42-43,56H,14,16,18-23,25-26,32-39H2,1-13H3,(H,52,53)/b37-30+;27-24+/t51-,52+,59+;42-,43+,51+/m11/s1. The molecule has 5 rings (SSSR count). The lowest BCUT2D eigenvalue weighted by molar-refractivity contribution is -0.185. The minimum Gasteiger partial charge on any atom is -0.481 e. The molecule has 1 aliphatic rings. The van der Waals surface area contributed by atoms with Crippen LogP contribution < -0.4 is 30.5 Å². The third-order valence-electron chi connectivity index (χ3n) is 23.7. The summed E-state index contributed by atoms with van der Waals surface area (Å²) in [6.45, 7) is 47.3. The molecule has 1 aliphatic heterocycles. The van der Waals surface area contributed by atoms with Crippen molar-refractivity contribution in [2.75, 3.05) is 39.6 Å². The van der Waals surface area contributed by atoms with Crippen molar-refractivity contribution in [3.63, 3.8) is 0 Å². The Bertz CT molecular complexity index is 4270. The van der Waals surface area contributed by atoms with Crippen molar-refractivity contribution in [2.45, 2.75) is 407 Å². The van der Waals surface area contributed by atoms with Crippen LogP contribution in [0, 0.1) is 35.5 Å². The van der Waals surface area contributed by atoms with Crippen molar-refractivity contribution in [1.82, 2.24) is 10.6 Å². The molecule has 742 valence electrons. The minimum atomic E-state index is -3.16. The number of unbranched alkanes of at least 4 members (excludes halogenated alkanes) is 16. The van der Waals surface area contributed by atoms with Gasteiger partial charge in [0.05, 0.1) is 25.0 Å². The Kier molecular flexibility index (Phi) is 50.2. The average molecular weight is 1880 g/mol. The van der Waals surface area contributed by atoms with Gasteiger partial charge in [-0.25, -0.2) is 19.2 Å². The van der Waals surface area contributed by atoms with E-state index >= 15 is 4.79 Å². The van der Waals surface area contributed by atoms with Gasteiger partial charge in [0.1, 0.15) is 65.0 Å². The monoisotopic (exact) mass is 1880 g/mol. The van der Waals surface area contributed by atoms with Gasteiger partial charge in [0.25, 0.3) is 8.32 Å². The smallest absolute Gasteiger partial charge is 0.339 e. The predicted octanol–water partition coefficient (Wildman–Crippen LogP) is 21.5. The summed E-state index contributed by atoms with van der Waals surface area (Å²) in [6.07, 6.45) is 29.4. The Balaban J connectivity index is 0.000000560. The number of benzene rings is 4. The van der Waals surface area contributed by atoms with Gasteiger partial charge in [0.15, 0.2) is 25.3 Å². The zero-order chi connectivity index (χ0) is 99.2. The van der Waals surface area contributed by atoms with E-state index in [1.165, 1.54) is 44.9 Å². The van der Waals surface area contributed by atoms with E-state index in [1.54, 1.807) is 145 Å². The fourth-order valence-corrected chi connectivity index (χ4v) is 21.2. The van der Waals surface area contributed by atoms with E-state index < -0.39 is 121 Å². The largest absolute Gasteiger partial charge is 0.481 e. The number of hydrogen-bond acceptors (Lipinski definition) is 19. The van der Waals surface area contributed by atoms with Crippen LogP contribution in [0.5, 0.6) is 11.5 Å². The molecule has 133 heavy (non-hydrogen) atoms. The van der Waals surface area contributed by atoms with E-state index in [-0.39, 0.29) is 57.1 Å². The first-order chi connectivity index (χ1) is 62.4. The molecule has 0 radical (unpaired) electrons. The van der Waals surface area contributed by atoms with Crippen LogP contribution in [0.3, 0.4) is 0 Å². The Labute approximate surface area is 803 Å². The van der Waals surface area contributed by atoms with Crippen molar-refractivity contribution < 1.29 is 90.5 Å². The molecule has 1 heterocycles. The first-order valence-electron chi connectivity index (χ1n) is 49.2. The summed E-state index contributed by atoms with van der Waals surface area (Å²) < 4.78 is 60.7. The lowest BCUT2D eigenvalue weighted by atomic mass is 9.82. The number of carbonyl (C=O) groups is 7. The molecular formula is C110H170N2O19Si2. The number of nitrogens with one attached hydrogen (secondary N) is 2. The number of ether oxygens (including phenoxy) is 8. The Morgan fingerprint density at radius 3 is 1.13 bits per heavy atom. The Morgan fingerprint density at radius 2 is 0.789 bits per heavy atom. The minimum absolute atomic E-state index is 0.0191. The molecule has 0 bridgehead atoms. The second-order valence-electron chi connectivity index (χ2n) is 42.0. The van der Waals surface area contributed by atoms with Gasteiger partial charge in [-0.15, -0.1) is 11.8 Å². The van der Waals surface area contributed by atoms with Crippen LogP contribution in [0.25, 0.3) is 0 Å². The van der Waals surface area contributed by atoms with Crippen molar-refractivity contribution in [2.24, 2.45) is 11.8 Å². The summed E-state index contributed by atoms with van der Waals surface area (Å²) in [5.74, 6) is 4.76. The van der Waals surface area contributed by atoms with E-state index in [4.69, 9.17) is 46.7 Å². The number of Topliss-reactive ketones (excluding diaryl/α,β-unsaturated/α-hetero) is 1. The quantitative estimate of drug-likeness (QED) is 0.00798. The van der Waals surface area contributed by atoms with Gasteiger partial charge in [0, 0.05) is 64.6 Å². The molecule has 4 aromatic rings. The van der Waals surface area contributed by atoms with Gasteiger partial charge in [0.2, 0.25) is 11.8 Å². The van der Waals surface area contributed by atoms with Crippen LogP contribution in [0.2, 0.25) is 23.2 Å². The van der Waals surface area contributed by atoms with Crippen molar-refractivity contribution >= 4 is 68.5 Å². The molecule has 21 nitrogen and oxygen atoms in total. The maximum absolute atomic E-state index is 15.1. The first kappa shape index (κ1) is 117. The van der Waals surface area contributed by atoms with Crippen LogP contribution in [0.1, 0.15) is 330 Å². The molecule has 0 saturated carbocycles. The number of rotatable bonds is 56. The van der Waals surface area contributed by atoms with Crippen molar-refractivity contribution in [3.05, 3.63) is 145 Å². The summed E-state index contributed by atoms with van der Waals surface area (Å²) in [4.78, 5) is 98.9. The zero-order valence-electron chi connectivity index (χ0n) is 85.9. The predicted molar refractivity (Wildman–Crippen MR) is 538 cm³/mol. The lowest BCUT2D eigenvalue weighted by Gasteiger charge is -2.44. The van der Waals surface area contributed by atoms with Crippen molar-refractivity contribution in [3.8, 4) is 35.2 Å². The summed E-state index contributed by atoms with van der Waals surface area (Å²) in [7, 11) is -5.48. The van der Waals surface area contributed by atoms with Gasteiger partial charge in [-0.3, -0.25) is 14.4 Å². The fourth-order valence-electron chi connectivity index (χ4n) is 15.6. The van der Waals surface area contributed by atoms with Crippen LogP contribution in [-0.2, 0) is 83.7 Å². The molecule has 1 fully saturated rings. The van der Waals surface area contributed by atoms with E-state index in [2.05, 4.69) is 127 Å². The molecule has 2 amide bonds. The van der Waals surface area contributed by atoms with E-state index in [0.717, 1.165) is 99.4 Å². The molecule has 0 aliphatic carbocycles.